The molecule has 1 spiro atoms. The molecule has 3 aliphatic heterocycles. The van der Waals surface area contributed by atoms with Gasteiger partial charge in [0.05, 0.1) is 17.7 Å². The van der Waals surface area contributed by atoms with Crippen molar-refractivity contribution in [1.29, 1.82) is 0 Å². The first-order valence-corrected chi connectivity index (χ1v) is 18.0. The number of piperazine rings is 1. The SMILES string of the molecule is C#Cc1c(F)ccc2cc(O)cc(-c3cc4nc(OCC5(CN6CCC7(CC6)CC7(F)F)CC5)nc(N5C[C@H]6CC[C@@H](C5)N6)c4n4ccnc34)c12. The van der Waals surface area contributed by atoms with Crippen molar-refractivity contribution >= 4 is 33.3 Å². The molecule has 5 aliphatic rings. The summed E-state index contributed by atoms with van der Waals surface area (Å²) in [5.74, 6) is 0.284. The summed E-state index contributed by atoms with van der Waals surface area (Å²) in [6.45, 7) is 4.22. The van der Waals surface area contributed by atoms with Crippen LogP contribution in [0.1, 0.15) is 50.5 Å². The Bertz CT molecular complexity index is 2280. The number of terminal acetylenes is 1. The summed E-state index contributed by atoms with van der Waals surface area (Å²) in [5, 5.41) is 15.6. The maximum atomic E-state index is 15.1. The van der Waals surface area contributed by atoms with Crippen LogP contribution in [0.3, 0.4) is 0 Å². The van der Waals surface area contributed by atoms with Crippen LogP contribution in [0.25, 0.3) is 38.6 Å². The van der Waals surface area contributed by atoms with Crippen molar-refractivity contribution in [3.63, 3.8) is 0 Å². The summed E-state index contributed by atoms with van der Waals surface area (Å²) in [6.07, 6.45) is 14.8. The van der Waals surface area contributed by atoms with E-state index in [1.807, 2.05) is 16.7 Å². The van der Waals surface area contributed by atoms with Crippen LogP contribution in [0, 0.1) is 29.0 Å². The molecule has 3 aromatic heterocycles. The molecule has 0 unspecified atom stereocenters. The second-order valence-corrected chi connectivity index (χ2v) is 15.7. The molecule has 3 saturated heterocycles. The fourth-order valence-corrected chi connectivity index (χ4v) is 9.17. The minimum atomic E-state index is -2.50. The van der Waals surface area contributed by atoms with E-state index in [2.05, 4.69) is 21.0 Å². The number of hydrogen-bond acceptors (Lipinski definition) is 8. The number of piperidine rings is 1. The van der Waals surface area contributed by atoms with Gasteiger partial charge in [-0.1, -0.05) is 12.0 Å². The number of anilines is 1. The molecular weight excluding hydrogens is 655 g/mol. The lowest BCUT2D eigenvalue weighted by atomic mass is 9.92. The molecule has 51 heavy (non-hydrogen) atoms. The van der Waals surface area contributed by atoms with Gasteiger partial charge < -0.3 is 25.0 Å². The van der Waals surface area contributed by atoms with Crippen LogP contribution in [0.15, 0.2) is 42.7 Å². The van der Waals surface area contributed by atoms with E-state index < -0.39 is 17.2 Å². The van der Waals surface area contributed by atoms with Crippen LogP contribution in [0.2, 0.25) is 0 Å². The predicted molar refractivity (Wildman–Crippen MR) is 188 cm³/mol. The van der Waals surface area contributed by atoms with Gasteiger partial charge in [0.15, 0.2) is 5.82 Å². The molecule has 0 amide bonds. The highest BCUT2D eigenvalue weighted by molar-refractivity contribution is 6.06. The van der Waals surface area contributed by atoms with E-state index in [0.29, 0.717) is 77.7 Å². The van der Waals surface area contributed by atoms with Gasteiger partial charge in [0.25, 0.3) is 5.92 Å². The number of halogens is 3. The Kier molecular flexibility index (Phi) is 6.69. The molecule has 0 radical (unpaired) electrons. The third-order valence-corrected chi connectivity index (χ3v) is 12.3. The largest absolute Gasteiger partial charge is 0.508 e. The van der Waals surface area contributed by atoms with Crippen LogP contribution < -0.4 is 15.0 Å². The summed E-state index contributed by atoms with van der Waals surface area (Å²) in [4.78, 5) is 19.4. The zero-order chi connectivity index (χ0) is 34.7. The maximum absolute atomic E-state index is 15.1. The van der Waals surface area contributed by atoms with Crippen molar-refractivity contribution in [3.05, 3.63) is 54.1 Å². The molecule has 10 rings (SSSR count). The number of benzene rings is 2. The maximum Gasteiger partial charge on any atom is 0.319 e. The van der Waals surface area contributed by atoms with Gasteiger partial charge in [0.2, 0.25) is 0 Å². The quantitative estimate of drug-likeness (QED) is 0.197. The number of ether oxygens (including phenoxy) is 1. The van der Waals surface area contributed by atoms with Crippen molar-refractivity contribution in [2.24, 2.45) is 10.8 Å². The number of phenolic OH excluding ortho intramolecular Hbond substituents is 1. The first-order chi connectivity index (χ1) is 24.6. The van der Waals surface area contributed by atoms with Crippen LogP contribution in [0.4, 0.5) is 19.0 Å². The summed E-state index contributed by atoms with van der Waals surface area (Å²) < 4.78 is 51.6. The molecule has 2 bridgehead atoms. The third-order valence-electron chi connectivity index (χ3n) is 12.3. The number of hydrogen-bond donors (Lipinski definition) is 2. The third kappa shape index (κ3) is 5.03. The van der Waals surface area contributed by atoms with Gasteiger partial charge in [-0.3, -0.25) is 4.40 Å². The van der Waals surface area contributed by atoms with Crippen molar-refractivity contribution in [3.8, 4) is 35.2 Å². The van der Waals surface area contributed by atoms with E-state index in [-0.39, 0.29) is 29.2 Å². The number of fused-ring (bicyclic) bond motifs is 6. The number of aromatic nitrogens is 4. The van der Waals surface area contributed by atoms with Crippen molar-refractivity contribution in [2.75, 3.05) is 44.2 Å². The highest BCUT2D eigenvalue weighted by atomic mass is 19.3. The van der Waals surface area contributed by atoms with Gasteiger partial charge in [0, 0.05) is 72.3 Å². The molecule has 2 N–H and O–H groups in total. The molecular formula is C39H38F3N7O2. The van der Waals surface area contributed by atoms with E-state index in [4.69, 9.17) is 26.1 Å². The molecule has 2 aromatic carbocycles. The van der Waals surface area contributed by atoms with Crippen molar-refractivity contribution in [1.82, 2.24) is 29.6 Å². The number of nitrogens with one attached hydrogen (secondary N) is 1. The molecule has 262 valence electrons. The number of rotatable bonds is 7. The molecule has 6 heterocycles. The van der Waals surface area contributed by atoms with Gasteiger partial charge in [-0.2, -0.15) is 9.97 Å². The Hall–Kier alpha value is -4.60. The molecule has 5 aromatic rings. The fourth-order valence-electron chi connectivity index (χ4n) is 9.17. The Morgan fingerprint density at radius 2 is 1.78 bits per heavy atom. The van der Waals surface area contributed by atoms with Gasteiger partial charge >= 0.3 is 6.01 Å². The first kappa shape index (κ1) is 31.2. The second kappa shape index (κ2) is 11.0. The van der Waals surface area contributed by atoms with Crippen LogP contribution >= 0.6 is 0 Å². The Morgan fingerprint density at radius 1 is 1.02 bits per heavy atom. The molecule has 9 nitrogen and oxygen atoms in total. The Balaban J connectivity index is 1.05. The number of alkyl halides is 2. The summed E-state index contributed by atoms with van der Waals surface area (Å²) >= 11 is 0. The second-order valence-electron chi connectivity index (χ2n) is 15.7. The molecule has 2 atom stereocenters. The molecule has 12 heteroatoms. The van der Waals surface area contributed by atoms with Crippen LogP contribution in [0.5, 0.6) is 11.8 Å². The average molecular weight is 694 g/mol. The lowest BCUT2D eigenvalue weighted by Gasteiger charge is -2.35. The van der Waals surface area contributed by atoms with E-state index in [1.54, 1.807) is 24.4 Å². The standard InChI is InChI=1S/C39H38F3N7O2/c1-2-27-30(40)6-3-23-15-26(50)16-28(32(23)27)29-17-31-33(49-14-11-43-34(29)49)35(48-18-24-4-5-25(19-48)44-24)46-36(45-31)51-22-37(7-8-37)21-47-12-9-38(10-13-47)20-39(38,41)42/h1,3,6,11,14-17,24-25,44,50H,4-5,7-10,12-13,18-22H2/t24-,25+. The highest BCUT2D eigenvalue weighted by Crippen LogP contribution is 2.66. The predicted octanol–water partition coefficient (Wildman–Crippen LogP) is 6.14. The fraction of sp³-hybridized carbons (Fsp3) is 0.462. The molecule has 2 aliphatic carbocycles. The van der Waals surface area contributed by atoms with E-state index in [1.165, 1.54) is 6.07 Å². The number of phenols is 1. The zero-order valence-corrected chi connectivity index (χ0v) is 28.1. The van der Waals surface area contributed by atoms with Gasteiger partial charge in [-0.15, -0.1) is 6.42 Å². The Labute approximate surface area is 292 Å². The smallest absolute Gasteiger partial charge is 0.319 e. The summed E-state index contributed by atoms with van der Waals surface area (Å²) in [5.41, 5.74) is 2.47. The monoisotopic (exact) mass is 693 g/mol. The van der Waals surface area contributed by atoms with Gasteiger partial charge in [-0.05, 0) is 86.8 Å². The summed E-state index contributed by atoms with van der Waals surface area (Å²) in [6, 6.07) is 9.00. The summed E-state index contributed by atoms with van der Waals surface area (Å²) in [7, 11) is 0. The number of pyridine rings is 1. The van der Waals surface area contributed by atoms with Gasteiger partial charge in [0.1, 0.15) is 22.7 Å². The topological polar surface area (TPSA) is 91.1 Å². The highest BCUT2D eigenvalue weighted by Gasteiger charge is 2.70. The van der Waals surface area contributed by atoms with E-state index in [0.717, 1.165) is 56.7 Å². The number of imidazole rings is 1. The Morgan fingerprint density at radius 3 is 2.49 bits per heavy atom. The lowest BCUT2D eigenvalue weighted by Crippen LogP contribution is -2.51. The van der Waals surface area contributed by atoms with Crippen molar-refractivity contribution in [2.45, 2.75) is 63.0 Å². The normalized spacial score (nSPS) is 24.4. The minimum Gasteiger partial charge on any atom is -0.508 e. The van der Waals surface area contributed by atoms with Gasteiger partial charge in [-0.25, -0.2) is 18.2 Å². The number of aromatic hydroxyl groups is 1. The minimum absolute atomic E-state index is 0.0185. The van der Waals surface area contributed by atoms with Crippen LogP contribution in [-0.4, -0.2) is 86.7 Å². The van der Waals surface area contributed by atoms with E-state index in [9.17, 15) is 13.9 Å². The zero-order valence-electron chi connectivity index (χ0n) is 28.1. The molecule has 2 saturated carbocycles. The lowest BCUT2D eigenvalue weighted by molar-refractivity contribution is 0.0252. The average Bonchev–Trinajstić information content (AvgIpc) is 3.82. The molecule has 5 fully saturated rings. The number of nitrogens with zero attached hydrogens (tertiary/aromatic N) is 6. The van der Waals surface area contributed by atoms with Crippen LogP contribution in [-0.2, 0) is 0 Å². The number of likely N-dealkylation sites (tertiary alicyclic amines) is 1. The van der Waals surface area contributed by atoms with Crippen molar-refractivity contribution < 1.29 is 23.0 Å². The van der Waals surface area contributed by atoms with E-state index >= 15 is 4.39 Å². The first-order valence-electron chi connectivity index (χ1n) is 18.0.